The van der Waals surface area contributed by atoms with Crippen molar-refractivity contribution in [3.8, 4) is 0 Å². The molecule has 0 heterocycles. The fourth-order valence-electron chi connectivity index (χ4n) is 2.16. The lowest BCUT2D eigenvalue weighted by atomic mass is 10.1. The molecule has 0 fully saturated rings. The first kappa shape index (κ1) is 16.5. The molecule has 0 saturated heterocycles. The van der Waals surface area contributed by atoms with E-state index >= 15 is 0 Å². The first-order valence-corrected chi connectivity index (χ1v) is 7.73. The number of hydrogen-bond acceptors (Lipinski definition) is 4. The molecule has 0 radical (unpaired) electrons. The molecule has 1 rings (SSSR count). The lowest BCUT2D eigenvalue weighted by Gasteiger charge is -2.20. The quantitative estimate of drug-likeness (QED) is 0.693. The number of rotatable bonds is 5. The van der Waals surface area contributed by atoms with E-state index in [-0.39, 0.29) is 10.8 Å². The Bertz CT molecular complexity index is 601. The number of primary amides is 1. The Morgan fingerprint density at radius 2 is 1.65 bits per heavy atom. The van der Waals surface area contributed by atoms with Crippen LogP contribution >= 0.6 is 0 Å². The van der Waals surface area contributed by atoms with Gasteiger partial charge < -0.3 is 11.5 Å². The van der Waals surface area contributed by atoms with Crippen LogP contribution in [-0.2, 0) is 14.8 Å². The van der Waals surface area contributed by atoms with Crippen LogP contribution in [0.25, 0.3) is 0 Å². The molecule has 0 saturated carbocycles. The van der Waals surface area contributed by atoms with Gasteiger partial charge in [0.25, 0.3) is 0 Å². The normalized spacial score (nSPS) is 13.4. The van der Waals surface area contributed by atoms with Crippen molar-refractivity contribution in [1.82, 2.24) is 4.72 Å². The molecular formula is C13H21N3O3S. The highest BCUT2D eigenvalue weighted by atomic mass is 32.2. The Kier molecular flexibility index (Phi) is 4.77. The molecule has 0 spiro atoms. The number of amides is 1. The van der Waals surface area contributed by atoms with Crippen LogP contribution in [0.3, 0.4) is 0 Å². The second kappa shape index (κ2) is 5.80. The predicted molar refractivity (Wildman–Crippen MR) is 78.5 cm³/mol. The van der Waals surface area contributed by atoms with Gasteiger partial charge in [0.2, 0.25) is 15.9 Å². The predicted octanol–water partition coefficient (Wildman–Crippen LogP) is 0.674. The zero-order chi connectivity index (χ0) is 15.7. The van der Waals surface area contributed by atoms with E-state index < -0.39 is 22.0 Å². The van der Waals surface area contributed by atoms with Crippen LogP contribution in [0.15, 0.2) is 17.0 Å². The van der Waals surface area contributed by atoms with Gasteiger partial charge in [0, 0.05) is 5.69 Å². The summed E-state index contributed by atoms with van der Waals surface area (Å²) in [6, 6.07) is 2.21. The Morgan fingerprint density at radius 3 is 2.00 bits per heavy atom. The number of benzene rings is 1. The number of carbonyl (C=O) groups excluding carboxylic acids is 1. The number of hydrogen-bond donors (Lipinski definition) is 3. The maximum absolute atomic E-state index is 12.4. The lowest BCUT2D eigenvalue weighted by Crippen LogP contribution is -2.47. The van der Waals surface area contributed by atoms with E-state index in [1.54, 1.807) is 39.8 Å². The Labute approximate surface area is 119 Å². The molecule has 0 aromatic heterocycles. The third kappa shape index (κ3) is 3.49. The second-order valence-electron chi connectivity index (χ2n) is 5.23. The number of aryl methyl sites for hydroxylation is 2. The topological polar surface area (TPSA) is 115 Å². The molecule has 0 aliphatic rings. The fourth-order valence-corrected chi connectivity index (χ4v) is 3.96. The Balaban J connectivity index is 3.28. The number of nitrogen functional groups attached to an aromatic ring is 1. The van der Waals surface area contributed by atoms with Crippen LogP contribution in [0.4, 0.5) is 5.69 Å². The standard InChI is InChI=1S/C13H21N3O3S/c1-7(2)11(13(15)17)16-20(18,19)12-8(3)5-10(14)6-9(12)4/h5-7,11,16H,14H2,1-4H3,(H2,15,17). The van der Waals surface area contributed by atoms with E-state index in [2.05, 4.69) is 4.72 Å². The van der Waals surface area contributed by atoms with Crippen molar-refractivity contribution in [3.05, 3.63) is 23.3 Å². The van der Waals surface area contributed by atoms with E-state index in [0.29, 0.717) is 16.8 Å². The van der Waals surface area contributed by atoms with Crippen molar-refractivity contribution in [3.63, 3.8) is 0 Å². The molecule has 0 bridgehead atoms. The van der Waals surface area contributed by atoms with Crippen molar-refractivity contribution in [1.29, 1.82) is 0 Å². The maximum Gasteiger partial charge on any atom is 0.241 e. The summed E-state index contributed by atoms with van der Waals surface area (Å²) in [5.74, 6) is -0.939. The summed E-state index contributed by atoms with van der Waals surface area (Å²) in [6.45, 7) is 6.76. The molecule has 5 N–H and O–H groups in total. The van der Waals surface area contributed by atoms with E-state index in [9.17, 15) is 13.2 Å². The number of anilines is 1. The number of sulfonamides is 1. The van der Waals surface area contributed by atoms with Gasteiger partial charge >= 0.3 is 0 Å². The Morgan fingerprint density at radius 1 is 1.20 bits per heavy atom. The van der Waals surface area contributed by atoms with Gasteiger partial charge in [-0.3, -0.25) is 4.79 Å². The van der Waals surface area contributed by atoms with Crippen LogP contribution in [0.1, 0.15) is 25.0 Å². The molecule has 0 aliphatic heterocycles. The van der Waals surface area contributed by atoms with E-state index in [1.807, 2.05) is 0 Å². The Hall–Kier alpha value is -1.60. The second-order valence-corrected chi connectivity index (χ2v) is 6.88. The number of nitrogens with one attached hydrogen (secondary N) is 1. The fraction of sp³-hybridized carbons (Fsp3) is 0.462. The third-order valence-corrected chi connectivity index (χ3v) is 4.75. The lowest BCUT2D eigenvalue weighted by molar-refractivity contribution is -0.120. The van der Waals surface area contributed by atoms with E-state index in [1.165, 1.54) is 0 Å². The van der Waals surface area contributed by atoms with Gasteiger partial charge in [-0.1, -0.05) is 13.8 Å². The van der Waals surface area contributed by atoms with Crippen LogP contribution in [0.2, 0.25) is 0 Å². The molecule has 1 aromatic carbocycles. The molecular weight excluding hydrogens is 278 g/mol. The molecule has 20 heavy (non-hydrogen) atoms. The summed E-state index contributed by atoms with van der Waals surface area (Å²) in [5.41, 5.74) is 12.5. The molecule has 6 nitrogen and oxygen atoms in total. The summed E-state index contributed by atoms with van der Waals surface area (Å²) in [7, 11) is -3.83. The molecule has 112 valence electrons. The number of carbonyl (C=O) groups is 1. The summed E-state index contributed by atoms with van der Waals surface area (Å²) in [6.07, 6.45) is 0. The first-order valence-electron chi connectivity index (χ1n) is 6.24. The zero-order valence-corrected chi connectivity index (χ0v) is 12.9. The molecule has 1 unspecified atom stereocenters. The summed E-state index contributed by atoms with van der Waals surface area (Å²) < 4.78 is 27.3. The molecule has 7 heteroatoms. The molecule has 1 aromatic rings. The van der Waals surface area contributed by atoms with Gasteiger partial charge in [-0.05, 0) is 43.0 Å². The van der Waals surface area contributed by atoms with Crippen LogP contribution < -0.4 is 16.2 Å². The highest BCUT2D eigenvalue weighted by Crippen LogP contribution is 2.23. The van der Waals surface area contributed by atoms with Crippen LogP contribution in [-0.4, -0.2) is 20.4 Å². The van der Waals surface area contributed by atoms with Crippen molar-refractivity contribution in [2.45, 2.75) is 38.6 Å². The molecule has 1 amide bonds. The van der Waals surface area contributed by atoms with Crippen molar-refractivity contribution < 1.29 is 13.2 Å². The minimum atomic E-state index is -3.83. The molecule has 1 atom stereocenters. The van der Waals surface area contributed by atoms with Crippen LogP contribution in [0, 0.1) is 19.8 Å². The molecule has 0 aliphatic carbocycles. The highest BCUT2D eigenvalue weighted by molar-refractivity contribution is 7.89. The van der Waals surface area contributed by atoms with Crippen molar-refractivity contribution in [2.75, 3.05) is 5.73 Å². The summed E-state index contributed by atoms with van der Waals surface area (Å²) in [5, 5.41) is 0. The van der Waals surface area contributed by atoms with Gasteiger partial charge in [-0.15, -0.1) is 0 Å². The highest BCUT2D eigenvalue weighted by Gasteiger charge is 2.28. The van der Waals surface area contributed by atoms with Crippen molar-refractivity contribution >= 4 is 21.6 Å². The summed E-state index contributed by atoms with van der Waals surface area (Å²) >= 11 is 0. The smallest absolute Gasteiger partial charge is 0.241 e. The summed E-state index contributed by atoms with van der Waals surface area (Å²) in [4.78, 5) is 11.5. The largest absolute Gasteiger partial charge is 0.399 e. The average Bonchev–Trinajstić information content (AvgIpc) is 2.23. The minimum absolute atomic E-state index is 0.138. The average molecular weight is 299 g/mol. The minimum Gasteiger partial charge on any atom is -0.399 e. The van der Waals surface area contributed by atoms with Crippen LogP contribution in [0.5, 0.6) is 0 Å². The van der Waals surface area contributed by atoms with Crippen molar-refractivity contribution in [2.24, 2.45) is 11.7 Å². The van der Waals surface area contributed by atoms with E-state index in [4.69, 9.17) is 11.5 Å². The van der Waals surface area contributed by atoms with Gasteiger partial charge in [-0.25, -0.2) is 8.42 Å². The SMILES string of the molecule is Cc1cc(N)cc(C)c1S(=O)(=O)NC(C(N)=O)C(C)C. The zero-order valence-electron chi connectivity index (χ0n) is 12.1. The number of nitrogens with two attached hydrogens (primary N) is 2. The van der Waals surface area contributed by atoms with Gasteiger partial charge in [-0.2, -0.15) is 4.72 Å². The van der Waals surface area contributed by atoms with Gasteiger partial charge in [0.15, 0.2) is 0 Å². The monoisotopic (exact) mass is 299 g/mol. The van der Waals surface area contributed by atoms with Gasteiger partial charge in [0.05, 0.1) is 4.90 Å². The van der Waals surface area contributed by atoms with E-state index in [0.717, 1.165) is 0 Å². The third-order valence-electron chi connectivity index (χ3n) is 3.01. The first-order chi connectivity index (χ1) is 9.06. The maximum atomic E-state index is 12.4. The van der Waals surface area contributed by atoms with Gasteiger partial charge in [0.1, 0.15) is 6.04 Å².